The molecule has 34 heavy (non-hydrogen) atoms. The van der Waals surface area contributed by atoms with Crippen LogP contribution in [0.3, 0.4) is 0 Å². The Kier molecular flexibility index (Phi) is 7.58. The van der Waals surface area contributed by atoms with Gasteiger partial charge in [0.1, 0.15) is 0 Å². The number of nitrogens with one attached hydrogen (secondary N) is 2. The van der Waals surface area contributed by atoms with Gasteiger partial charge in [0.15, 0.2) is 0 Å². The lowest BCUT2D eigenvalue weighted by Crippen LogP contribution is -2.46. The normalized spacial score (nSPS) is 16.6. The molecule has 4 rings (SSSR count). The molecule has 2 N–H and O–H groups in total. The maximum absolute atomic E-state index is 13.1. The van der Waals surface area contributed by atoms with Gasteiger partial charge in [-0.2, -0.15) is 0 Å². The van der Waals surface area contributed by atoms with Crippen LogP contribution in [0.1, 0.15) is 27.1 Å². The second-order valence-corrected chi connectivity index (χ2v) is 8.27. The summed E-state index contributed by atoms with van der Waals surface area (Å²) in [6.45, 7) is 5.20. The van der Waals surface area contributed by atoms with E-state index in [1.54, 1.807) is 29.3 Å². The van der Waals surface area contributed by atoms with Crippen molar-refractivity contribution in [2.75, 3.05) is 69.7 Å². The summed E-state index contributed by atoms with van der Waals surface area (Å²) in [5, 5.41) is 6.23. The Morgan fingerprint density at radius 3 is 2.53 bits per heavy atom. The molecule has 0 saturated carbocycles. The first-order chi connectivity index (χ1) is 16.6. The van der Waals surface area contributed by atoms with E-state index in [1.165, 1.54) is 13.3 Å². The van der Waals surface area contributed by atoms with E-state index in [2.05, 4.69) is 20.5 Å². The van der Waals surface area contributed by atoms with E-state index in [0.717, 1.165) is 25.2 Å². The van der Waals surface area contributed by atoms with Crippen molar-refractivity contribution in [1.29, 1.82) is 0 Å². The van der Waals surface area contributed by atoms with E-state index in [4.69, 9.17) is 4.74 Å². The summed E-state index contributed by atoms with van der Waals surface area (Å²) in [7, 11) is 1.38. The van der Waals surface area contributed by atoms with Crippen LogP contribution < -0.4 is 15.5 Å². The number of amides is 3. The number of carbonyl (C=O) groups is 3. The van der Waals surface area contributed by atoms with Crippen LogP contribution in [0.15, 0.2) is 42.7 Å². The largest absolute Gasteiger partial charge is 0.453 e. The van der Waals surface area contributed by atoms with Gasteiger partial charge in [0, 0.05) is 70.3 Å². The third-order valence-corrected chi connectivity index (χ3v) is 6.09. The second-order valence-electron chi connectivity index (χ2n) is 8.27. The van der Waals surface area contributed by atoms with Gasteiger partial charge in [-0.15, -0.1) is 0 Å². The minimum absolute atomic E-state index is 0.0577. The van der Waals surface area contributed by atoms with Crippen molar-refractivity contribution in [2.45, 2.75) is 6.42 Å². The second kappa shape index (κ2) is 11.0. The molecule has 3 heterocycles. The Bertz CT molecular complexity index is 1030. The lowest BCUT2D eigenvalue weighted by molar-refractivity contribution is 0.0735. The highest BCUT2D eigenvalue weighted by Gasteiger charge is 2.24. The lowest BCUT2D eigenvalue weighted by Gasteiger charge is -2.29. The number of piperazine rings is 1. The van der Waals surface area contributed by atoms with Crippen molar-refractivity contribution >= 4 is 29.3 Å². The minimum Gasteiger partial charge on any atom is -0.453 e. The number of ether oxygens (including phenoxy) is 1. The third kappa shape index (κ3) is 5.45. The van der Waals surface area contributed by atoms with Crippen molar-refractivity contribution < 1.29 is 19.1 Å². The van der Waals surface area contributed by atoms with Crippen molar-refractivity contribution in [3.05, 3.63) is 53.9 Å². The van der Waals surface area contributed by atoms with Gasteiger partial charge >= 0.3 is 6.09 Å². The third-order valence-electron chi connectivity index (χ3n) is 6.09. The van der Waals surface area contributed by atoms with Crippen LogP contribution in [0.4, 0.5) is 16.2 Å². The number of anilines is 2. The molecule has 2 aromatic rings. The monoisotopic (exact) mass is 466 g/mol. The average Bonchev–Trinajstić information content (AvgIpc) is 3.15. The van der Waals surface area contributed by atoms with Crippen LogP contribution in [0.5, 0.6) is 0 Å². The predicted octanol–water partition coefficient (Wildman–Crippen LogP) is 1.66. The molecule has 0 spiro atoms. The van der Waals surface area contributed by atoms with E-state index in [-0.39, 0.29) is 17.9 Å². The van der Waals surface area contributed by atoms with Crippen LogP contribution in [-0.4, -0.2) is 92.2 Å². The molecule has 0 radical (unpaired) electrons. The van der Waals surface area contributed by atoms with E-state index in [9.17, 15) is 14.4 Å². The summed E-state index contributed by atoms with van der Waals surface area (Å²) >= 11 is 0. The summed E-state index contributed by atoms with van der Waals surface area (Å²) < 4.78 is 4.87. The fraction of sp³-hybridized carbons (Fsp3) is 0.417. The number of hydrogen-bond acceptors (Lipinski definition) is 7. The summed E-state index contributed by atoms with van der Waals surface area (Å²) in [5.41, 5.74) is 2.32. The first-order valence-corrected chi connectivity index (χ1v) is 11.5. The van der Waals surface area contributed by atoms with Gasteiger partial charge in [-0.3, -0.25) is 14.6 Å². The number of aromatic nitrogens is 1. The number of pyridine rings is 1. The molecule has 0 aliphatic carbocycles. The highest BCUT2D eigenvalue weighted by atomic mass is 16.5. The topological polar surface area (TPSA) is 107 Å². The first-order valence-electron chi connectivity index (χ1n) is 11.5. The first kappa shape index (κ1) is 23.5. The van der Waals surface area contributed by atoms with Crippen LogP contribution >= 0.6 is 0 Å². The van der Waals surface area contributed by atoms with E-state index < -0.39 is 0 Å². The molecule has 2 aliphatic heterocycles. The maximum atomic E-state index is 13.1. The van der Waals surface area contributed by atoms with Crippen LogP contribution in [0, 0.1) is 0 Å². The molecule has 2 saturated heterocycles. The van der Waals surface area contributed by atoms with Gasteiger partial charge in [0.05, 0.1) is 24.0 Å². The molecule has 2 fully saturated rings. The smallest absolute Gasteiger partial charge is 0.409 e. The Morgan fingerprint density at radius 2 is 1.79 bits per heavy atom. The molecule has 0 atom stereocenters. The van der Waals surface area contributed by atoms with E-state index in [1.807, 2.05) is 17.0 Å². The lowest BCUT2D eigenvalue weighted by atomic mass is 10.1. The fourth-order valence-electron chi connectivity index (χ4n) is 4.26. The molecule has 10 heteroatoms. The highest BCUT2D eigenvalue weighted by Crippen LogP contribution is 2.29. The number of rotatable bonds is 4. The number of methoxy groups -OCH3 is 1. The summed E-state index contributed by atoms with van der Waals surface area (Å²) in [6.07, 6.45) is 3.53. The Morgan fingerprint density at radius 1 is 0.971 bits per heavy atom. The minimum atomic E-state index is -0.344. The molecule has 1 aromatic heterocycles. The molecule has 0 unspecified atom stereocenters. The van der Waals surface area contributed by atoms with Crippen molar-refractivity contribution in [3.63, 3.8) is 0 Å². The summed E-state index contributed by atoms with van der Waals surface area (Å²) in [6, 6.07) is 8.83. The van der Waals surface area contributed by atoms with Gasteiger partial charge in [-0.25, -0.2) is 4.79 Å². The van der Waals surface area contributed by atoms with Gasteiger partial charge < -0.3 is 30.1 Å². The number of hydrogen-bond donors (Lipinski definition) is 2. The molecule has 0 bridgehead atoms. The Hall–Kier alpha value is -3.66. The Balaban J connectivity index is 1.61. The number of nitrogens with zero attached hydrogens (tertiary/aromatic N) is 4. The SMILES string of the molecule is COC(=O)N1CCCN(c2ccc(C(=O)N3CCNCC3)cc2NC(=O)c2cccnc2)CC1. The van der Waals surface area contributed by atoms with Gasteiger partial charge in [-0.05, 0) is 36.8 Å². The highest BCUT2D eigenvalue weighted by molar-refractivity contribution is 6.07. The van der Waals surface area contributed by atoms with Crippen LogP contribution in [0.2, 0.25) is 0 Å². The standard InChI is InChI=1S/C24H30N6O4/c1-34-24(33)30-11-3-10-28(14-15-30)21-6-5-18(23(32)29-12-8-25-9-13-29)16-20(21)27-22(31)19-4-2-7-26-17-19/h2,4-7,16-17,25H,3,8-15H2,1H3,(H,27,31). The zero-order valence-electron chi connectivity index (χ0n) is 19.3. The molecule has 3 amide bonds. The molecule has 10 nitrogen and oxygen atoms in total. The van der Waals surface area contributed by atoms with Crippen molar-refractivity contribution in [3.8, 4) is 0 Å². The fourth-order valence-corrected chi connectivity index (χ4v) is 4.26. The zero-order chi connectivity index (χ0) is 23.9. The Labute approximate surface area is 198 Å². The van der Waals surface area contributed by atoms with E-state index in [0.29, 0.717) is 56.1 Å². The maximum Gasteiger partial charge on any atom is 0.409 e. The predicted molar refractivity (Wildman–Crippen MR) is 128 cm³/mol. The van der Waals surface area contributed by atoms with Crippen molar-refractivity contribution in [2.24, 2.45) is 0 Å². The zero-order valence-corrected chi connectivity index (χ0v) is 19.3. The summed E-state index contributed by atoms with van der Waals surface area (Å²) in [5.74, 6) is -0.357. The van der Waals surface area contributed by atoms with Crippen LogP contribution in [-0.2, 0) is 4.74 Å². The van der Waals surface area contributed by atoms with E-state index >= 15 is 0 Å². The van der Waals surface area contributed by atoms with Gasteiger partial charge in [0.2, 0.25) is 0 Å². The number of benzene rings is 1. The molecule has 2 aliphatic rings. The van der Waals surface area contributed by atoms with Crippen molar-refractivity contribution in [1.82, 2.24) is 20.1 Å². The van der Waals surface area contributed by atoms with Gasteiger partial charge in [-0.1, -0.05) is 0 Å². The molecular formula is C24H30N6O4. The van der Waals surface area contributed by atoms with Crippen LogP contribution in [0.25, 0.3) is 0 Å². The van der Waals surface area contributed by atoms with Gasteiger partial charge in [0.25, 0.3) is 11.8 Å². The quantitative estimate of drug-likeness (QED) is 0.706. The molecular weight excluding hydrogens is 436 g/mol. The molecule has 180 valence electrons. The summed E-state index contributed by atoms with van der Waals surface area (Å²) in [4.78, 5) is 47.7. The number of carbonyl (C=O) groups excluding carboxylic acids is 3. The molecule has 1 aromatic carbocycles. The average molecular weight is 467 g/mol.